The monoisotopic (exact) mass is 249 g/mol. The Balaban J connectivity index is 2.49. The van der Waals surface area contributed by atoms with Crippen molar-refractivity contribution in [2.45, 2.75) is 58.6 Å². The Kier molecular flexibility index (Phi) is 5.43. The first-order chi connectivity index (χ1) is 8.45. The second-order valence-corrected chi connectivity index (χ2v) is 5.41. The topological polar surface area (TPSA) is 49.3 Å². The summed E-state index contributed by atoms with van der Waals surface area (Å²) < 4.78 is 0. The molecule has 18 heavy (non-hydrogen) atoms. The molecule has 0 spiro atoms. The lowest BCUT2D eigenvalue weighted by atomic mass is 9.83. The van der Waals surface area contributed by atoms with Crippen LogP contribution < -0.4 is 5.32 Å². The number of aliphatic hydroxyl groups is 1. The quantitative estimate of drug-likeness (QED) is 0.591. The fourth-order valence-electron chi connectivity index (χ4n) is 1.80. The minimum absolute atomic E-state index is 0.0738. The third-order valence-corrected chi connectivity index (χ3v) is 3.20. The number of aliphatic hydroxyl groups excluding tert-OH is 1. The van der Waals surface area contributed by atoms with E-state index in [-0.39, 0.29) is 17.4 Å². The van der Waals surface area contributed by atoms with Crippen molar-refractivity contribution in [2.24, 2.45) is 5.41 Å². The summed E-state index contributed by atoms with van der Waals surface area (Å²) in [5.74, 6) is 6.19. The molecular weight excluding hydrogens is 226 g/mol. The Morgan fingerprint density at radius 1 is 1.56 bits per heavy atom. The highest BCUT2D eigenvalue weighted by atomic mass is 16.3. The molecule has 0 unspecified atom stereocenters. The van der Waals surface area contributed by atoms with Crippen molar-refractivity contribution >= 4 is 5.91 Å². The summed E-state index contributed by atoms with van der Waals surface area (Å²) in [5.41, 5.74) is -0.263. The van der Waals surface area contributed by atoms with E-state index in [4.69, 9.17) is 0 Å². The van der Waals surface area contributed by atoms with Gasteiger partial charge in [-0.2, -0.15) is 0 Å². The van der Waals surface area contributed by atoms with Crippen LogP contribution >= 0.6 is 0 Å². The molecule has 3 heteroatoms. The van der Waals surface area contributed by atoms with Gasteiger partial charge in [0.1, 0.15) is 0 Å². The van der Waals surface area contributed by atoms with E-state index in [0.29, 0.717) is 12.8 Å². The first-order valence-corrected chi connectivity index (χ1v) is 6.57. The van der Waals surface area contributed by atoms with Crippen molar-refractivity contribution in [1.29, 1.82) is 0 Å². The molecule has 2 N–H and O–H groups in total. The second-order valence-electron chi connectivity index (χ2n) is 5.41. The maximum atomic E-state index is 11.0. The van der Waals surface area contributed by atoms with E-state index < -0.39 is 6.10 Å². The van der Waals surface area contributed by atoms with Gasteiger partial charge in [0.25, 0.3) is 0 Å². The molecule has 0 aliphatic carbocycles. The lowest BCUT2D eigenvalue weighted by Gasteiger charge is -2.26. The van der Waals surface area contributed by atoms with Gasteiger partial charge in [-0.1, -0.05) is 32.9 Å². The summed E-state index contributed by atoms with van der Waals surface area (Å²) in [6, 6.07) is 0.0738. The molecule has 0 aromatic carbocycles. The molecule has 1 rings (SSSR count). The largest absolute Gasteiger partial charge is 0.388 e. The molecule has 0 radical (unpaired) electrons. The summed E-state index contributed by atoms with van der Waals surface area (Å²) in [5, 5.41) is 13.0. The van der Waals surface area contributed by atoms with Crippen LogP contribution in [-0.2, 0) is 4.79 Å². The van der Waals surface area contributed by atoms with Gasteiger partial charge in [0, 0.05) is 30.7 Å². The lowest BCUT2D eigenvalue weighted by Crippen LogP contribution is -2.28. The van der Waals surface area contributed by atoms with E-state index in [1.54, 1.807) is 6.08 Å². The lowest BCUT2D eigenvalue weighted by molar-refractivity contribution is -0.119. The molecule has 100 valence electrons. The van der Waals surface area contributed by atoms with Gasteiger partial charge in [0.15, 0.2) is 0 Å². The first kappa shape index (κ1) is 14.8. The average Bonchev–Trinajstić information content (AvgIpc) is 2.72. The van der Waals surface area contributed by atoms with E-state index >= 15 is 0 Å². The highest BCUT2D eigenvalue weighted by Gasteiger charge is 2.25. The average molecular weight is 249 g/mol. The fourth-order valence-corrected chi connectivity index (χ4v) is 1.80. The predicted molar refractivity (Wildman–Crippen MR) is 72.8 cm³/mol. The number of hydrogen-bond donors (Lipinski definition) is 2. The Morgan fingerprint density at radius 2 is 2.28 bits per heavy atom. The van der Waals surface area contributed by atoms with Gasteiger partial charge in [-0.25, -0.2) is 0 Å². The van der Waals surface area contributed by atoms with Gasteiger partial charge in [-0.15, -0.1) is 11.8 Å². The van der Waals surface area contributed by atoms with Crippen LogP contribution in [0.15, 0.2) is 12.2 Å². The van der Waals surface area contributed by atoms with Crippen LogP contribution in [0.1, 0.15) is 46.5 Å². The molecule has 1 aliphatic heterocycles. The third kappa shape index (κ3) is 4.54. The Labute approximate surface area is 110 Å². The van der Waals surface area contributed by atoms with E-state index in [2.05, 4.69) is 17.2 Å². The smallest absolute Gasteiger partial charge is 0.220 e. The van der Waals surface area contributed by atoms with Crippen molar-refractivity contribution in [3.8, 4) is 11.8 Å². The van der Waals surface area contributed by atoms with Crippen molar-refractivity contribution in [3.63, 3.8) is 0 Å². The molecule has 0 aromatic rings. The van der Waals surface area contributed by atoms with Crippen molar-refractivity contribution < 1.29 is 9.90 Å². The highest BCUT2D eigenvalue weighted by Crippen LogP contribution is 2.26. The number of rotatable bonds is 4. The SMILES string of the molecule is CCC#CCC(C)(C)[C@H](O)/C=C/[C@H]1CCC(=O)N1. The van der Waals surface area contributed by atoms with Crippen LogP contribution in [-0.4, -0.2) is 23.2 Å². The van der Waals surface area contributed by atoms with Crippen molar-refractivity contribution in [1.82, 2.24) is 5.32 Å². The second kappa shape index (κ2) is 6.61. The Bertz CT molecular complexity index is 374. The molecule has 2 atom stereocenters. The van der Waals surface area contributed by atoms with Gasteiger partial charge >= 0.3 is 0 Å². The molecule has 1 fully saturated rings. The Hall–Kier alpha value is -1.27. The molecule has 1 saturated heterocycles. The summed E-state index contributed by atoms with van der Waals surface area (Å²) in [6.45, 7) is 6.01. The third-order valence-electron chi connectivity index (χ3n) is 3.20. The number of carbonyl (C=O) groups is 1. The van der Waals surface area contributed by atoms with Crippen LogP contribution in [0.5, 0.6) is 0 Å². The minimum atomic E-state index is -0.541. The van der Waals surface area contributed by atoms with Crippen LogP contribution in [0, 0.1) is 17.3 Å². The van der Waals surface area contributed by atoms with Crippen LogP contribution in [0.3, 0.4) is 0 Å². The van der Waals surface area contributed by atoms with Crippen LogP contribution in [0.4, 0.5) is 0 Å². The predicted octanol–water partition coefficient (Wildman–Crippen LogP) is 2.01. The summed E-state index contributed by atoms with van der Waals surface area (Å²) in [6.07, 6.45) is 6.05. The molecule has 1 amide bonds. The summed E-state index contributed by atoms with van der Waals surface area (Å²) >= 11 is 0. The van der Waals surface area contributed by atoms with Gasteiger partial charge in [0.2, 0.25) is 5.91 Å². The van der Waals surface area contributed by atoms with E-state index in [1.165, 1.54) is 0 Å². The zero-order chi connectivity index (χ0) is 13.6. The molecule has 0 aromatic heterocycles. The number of amides is 1. The van der Waals surface area contributed by atoms with Crippen molar-refractivity contribution in [3.05, 3.63) is 12.2 Å². The first-order valence-electron chi connectivity index (χ1n) is 6.57. The molecule has 1 aliphatic rings. The maximum Gasteiger partial charge on any atom is 0.220 e. The van der Waals surface area contributed by atoms with Crippen LogP contribution in [0.2, 0.25) is 0 Å². The zero-order valence-corrected chi connectivity index (χ0v) is 11.5. The molecule has 1 heterocycles. The summed E-state index contributed by atoms with van der Waals surface area (Å²) in [7, 11) is 0. The molecule has 0 saturated carbocycles. The number of hydrogen-bond acceptors (Lipinski definition) is 2. The van der Waals surface area contributed by atoms with Crippen LogP contribution in [0.25, 0.3) is 0 Å². The zero-order valence-electron chi connectivity index (χ0n) is 11.5. The molecule has 3 nitrogen and oxygen atoms in total. The van der Waals surface area contributed by atoms with E-state index in [9.17, 15) is 9.90 Å². The minimum Gasteiger partial charge on any atom is -0.388 e. The number of nitrogens with one attached hydrogen (secondary N) is 1. The maximum absolute atomic E-state index is 11.0. The Morgan fingerprint density at radius 3 is 2.83 bits per heavy atom. The summed E-state index contributed by atoms with van der Waals surface area (Å²) in [4.78, 5) is 11.0. The molecular formula is C15H23NO2. The van der Waals surface area contributed by atoms with Gasteiger partial charge < -0.3 is 10.4 Å². The fraction of sp³-hybridized carbons (Fsp3) is 0.667. The van der Waals surface area contributed by atoms with Gasteiger partial charge in [-0.05, 0) is 6.42 Å². The van der Waals surface area contributed by atoms with E-state index in [1.807, 2.05) is 26.8 Å². The molecule has 0 bridgehead atoms. The standard InChI is InChI=1S/C15H23NO2/c1-4-5-6-11-15(2,3)13(17)9-7-12-8-10-14(18)16-12/h7,9,12-13,17H,4,8,10-11H2,1-3H3,(H,16,18)/b9-7+/t12-,13+/m0/s1. The van der Waals surface area contributed by atoms with E-state index in [0.717, 1.165) is 12.8 Å². The normalized spacial score (nSPS) is 21.6. The highest BCUT2D eigenvalue weighted by molar-refractivity contribution is 5.78. The van der Waals surface area contributed by atoms with Gasteiger partial charge in [-0.3, -0.25) is 4.79 Å². The van der Waals surface area contributed by atoms with Crippen molar-refractivity contribution in [2.75, 3.05) is 0 Å². The van der Waals surface area contributed by atoms with Gasteiger partial charge in [0.05, 0.1) is 6.10 Å². The number of carbonyl (C=O) groups excluding carboxylic acids is 1.